The third kappa shape index (κ3) is 5.76. The molecule has 0 aliphatic carbocycles. The number of hydrogen-bond donors (Lipinski definition) is 2. The van der Waals surface area contributed by atoms with E-state index in [-0.39, 0.29) is 12.5 Å². The Bertz CT molecular complexity index is 1150. The molecule has 1 aliphatic heterocycles. The van der Waals surface area contributed by atoms with Crippen molar-refractivity contribution in [3.63, 3.8) is 0 Å². The lowest BCUT2D eigenvalue weighted by Crippen LogP contribution is -2.24. The van der Waals surface area contributed by atoms with Crippen molar-refractivity contribution in [3.8, 4) is 17.2 Å². The van der Waals surface area contributed by atoms with E-state index < -0.39 is 0 Å². The molecule has 0 saturated carbocycles. The summed E-state index contributed by atoms with van der Waals surface area (Å²) in [6.07, 6.45) is 3.36. The Morgan fingerprint density at radius 1 is 1.06 bits per heavy atom. The predicted molar refractivity (Wildman–Crippen MR) is 126 cm³/mol. The number of nitrogens with one attached hydrogen (secondary N) is 2. The second-order valence-corrected chi connectivity index (χ2v) is 7.62. The highest BCUT2D eigenvalue weighted by molar-refractivity contribution is 5.83. The zero-order valence-electron chi connectivity index (χ0n) is 17.9. The van der Waals surface area contributed by atoms with Crippen molar-refractivity contribution in [2.24, 2.45) is 5.10 Å². The van der Waals surface area contributed by atoms with E-state index in [1.54, 1.807) is 6.21 Å². The predicted octanol–water partition coefficient (Wildman–Crippen LogP) is 5.19. The largest absolute Gasteiger partial charge is 0.484 e. The van der Waals surface area contributed by atoms with Crippen LogP contribution in [0.3, 0.4) is 0 Å². The van der Waals surface area contributed by atoms with Crippen LogP contribution < -0.4 is 20.2 Å². The molecule has 1 heterocycles. The van der Waals surface area contributed by atoms with Crippen molar-refractivity contribution in [1.82, 2.24) is 5.43 Å². The van der Waals surface area contributed by atoms with Crippen molar-refractivity contribution in [3.05, 3.63) is 95.7 Å². The first-order chi connectivity index (χ1) is 15.5. The minimum absolute atomic E-state index is 0.118. The minimum Gasteiger partial charge on any atom is -0.484 e. The van der Waals surface area contributed by atoms with E-state index in [1.165, 1.54) is 5.56 Å². The number of carbonyl (C=O) groups excluding carboxylic acids is 1. The third-order valence-corrected chi connectivity index (χ3v) is 4.97. The summed E-state index contributed by atoms with van der Waals surface area (Å²) in [5.74, 6) is 1.77. The summed E-state index contributed by atoms with van der Waals surface area (Å²) in [5.41, 5.74) is 7.67. The van der Waals surface area contributed by atoms with Gasteiger partial charge in [0.15, 0.2) is 6.61 Å². The Morgan fingerprint density at radius 3 is 2.72 bits per heavy atom. The van der Waals surface area contributed by atoms with Crippen LogP contribution in [0, 0.1) is 6.92 Å². The maximum atomic E-state index is 12.1. The fourth-order valence-electron chi connectivity index (χ4n) is 3.29. The van der Waals surface area contributed by atoms with Gasteiger partial charge >= 0.3 is 0 Å². The Balaban J connectivity index is 1.27. The average Bonchev–Trinajstić information content (AvgIpc) is 2.79. The number of anilines is 1. The molecule has 32 heavy (non-hydrogen) atoms. The van der Waals surface area contributed by atoms with Gasteiger partial charge in [-0.15, -0.1) is 0 Å². The van der Waals surface area contributed by atoms with E-state index in [0.717, 1.165) is 41.1 Å². The number of allylic oxidation sites excluding steroid dienone is 1. The molecule has 0 atom stereocenters. The molecule has 0 fully saturated rings. The van der Waals surface area contributed by atoms with E-state index in [9.17, 15) is 4.79 Å². The monoisotopic (exact) mass is 427 g/mol. The molecular formula is C26H25N3O3. The highest BCUT2D eigenvalue weighted by atomic mass is 16.5. The number of nitrogens with zero attached hydrogens (tertiary/aromatic N) is 1. The highest BCUT2D eigenvalue weighted by Crippen LogP contribution is 2.29. The fourth-order valence-corrected chi connectivity index (χ4v) is 3.29. The molecule has 1 aliphatic rings. The summed E-state index contributed by atoms with van der Waals surface area (Å²) in [6, 6.07) is 21.0. The number of fused-ring (bicyclic) bond motifs is 1. The number of amides is 1. The van der Waals surface area contributed by atoms with E-state index in [0.29, 0.717) is 11.5 Å². The maximum absolute atomic E-state index is 12.1. The second kappa shape index (κ2) is 9.83. The van der Waals surface area contributed by atoms with Crippen LogP contribution in [-0.2, 0) is 11.2 Å². The smallest absolute Gasteiger partial charge is 0.277 e. The first-order valence-electron chi connectivity index (χ1n) is 10.4. The zero-order valence-corrected chi connectivity index (χ0v) is 17.9. The van der Waals surface area contributed by atoms with Gasteiger partial charge in [0.1, 0.15) is 17.2 Å². The number of rotatable bonds is 7. The minimum atomic E-state index is -0.336. The van der Waals surface area contributed by atoms with Gasteiger partial charge in [-0.2, -0.15) is 5.10 Å². The fraction of sp³-hybridized carbons (Fsp3) is 0.154. The van der Waals surface area contributed by atoms with Crippen LogP contribution in [-0.4, -0.2) is 18.7 Å². The number of ether oxygens (including phenoxy) is 2. The Morgan fingerprint density at radius 2 is 1.88 bits per heavy atom. The van der Waals surface area contributed by atoms with Gasteiger partial charge in [-0.25, -0.2) is 5.43 Å². The molecule has 0 aromatic heterocycles. The number of aryl methyl sites for hydroxylation is 2. The van der Waals surface area contributed by atoms with Gasteiger partial charge in [-0.3, -0.25) is 4.79 Å². The van der Waals surface area contributed by atoms with E-state index >= 15 is 0 Å². The number of hydrazone groups is 1. The van der Waals surface area contributed by atoms with E-state index in [4.69, 9.17) is 9.47 Å². The van der Waals surface area contributed by atoms with Crippen LogP contribution in [0.1, 0.15) is 23.1 Å². The maximum Gasteiger partial charge on any atom is 0.277 e. The number of hydrogen-bond acceptors (Lipinski definition) is 5. The molecule has 0 saturated heterocycles. The molecule has 1 amide bonds. The molecule has 0 bridgehead atoms. The SMILES string of the molecule is C=C1CCc2cc(OCC(=O)N/N=C/c3cccc(Oc4ccc(C)cc4)c3)ccc2N1. The summed E-state index contributed by atoms with van der Waals surface area (Å²) in [6.45, 7) is 5.87. The number of carbonyl (C=O) groups is 1. The second-order valence-electron chi connectivity index (χ2n) is 7.62. The van der Waals surface area contributed by atoms with Crippen molar-refractivity contribution in [2.75, 3.05) is 11.9 Å². The molecule has 0 unspecified atom stereocenters. The summed E-state index contributed by atoms with van der Waals surface area (Å²) < 4.78 is 11.5. The highest BCUT2D eigenvalue weighted by Gasteiger charge is 2.12. The molecular weight excluding hydrogens is 402 g/mol. The average molecular weight is 428 g/mol. The lowest BCUT2D eigenvalue weighted by molar-refractivity contribution is -0.123. The summed E-state index contributed by atoms with van der Waals surface area (Å²) >= 11 is 0. The van der Waals surface area contributed by atoms with Gasteiger partial charge in [0.05, 0.1) is 6.21 Å². The van der Waals surface area contributed by atoms with Gasteiger partial charge < -0.3 is 14.8 Å². The van der Waals surface area contributed by atoms with Crippen molar-refractivity contribution in [1.29, 1.82) is 0 Å². The van der Waals surface area contributed by atoms with Crippen LogP contribution in [0.5, 0.6) is 17.2 Å². The Hall–Kier alpha value is -4.06. The lowest BCUT2D eigenvalue weighted by Gasteiger charge is -2.20. The van der Waals surface area contributed by atoms with Crippen LogP contribution in [0.4, 0.5) is 5.69 Å². The van der Waals surface area contributed by atoms with Crippen LogP contribution in [0.25, 0.3) is 0 Å². The molecule has 6 heteroatoms. The van der Waals surface area contributed by atoms with Gasteiger partial charge in [0.2, 0.25) is 0 Å². The van der Waals surface area contributed by atoms with Crippen molar-refractivity contribution in [2.45, 2.75) is 19.8 Å². The van der Waals surface area contributed by atoms with E-state index in [2.05, 4.69) is 22.4 Å². The topological polar surface area (TPSA) is 72.0 Å². The summed E-state index contributed by atoms with van der Waals surface area (Å²) in [5, 5.41) is 7.27. The molecule has 3 aromatic rings. The van der Waals surface area contributed by atoms with Crippen molar-refractivity contribution >= 4 is 17.8 Å². The van der Waals surface area contributed by atoms with Crippen LogP contribution >= 0.6 is 0 Å². The van der Waals surface area contributed by atoms with Gasteiger partial charge in [-0.05, 0) is 73.4 Å². The quantitative estimate of drug-likeness (QED) is 0.402. The normalized spacial score (nSPS) is 12.7. The van der Waals surface area contributed by atoms with Crippen molar-refractivity contribution < 1.29 is 14.3 Å². The summed E-state index contributed by atoms with van der Waals surface area (Å²) in [4.78, 5) is 12.1. The first kappa shape index (κ1) is 21.2. The number of benzene rings is 3. The van der Waals surface area contributed by atoms with E-state index in [1.807, 2.05) is 73.7 Å². The molecule has 6 nitrogen and oxygen atoms in total. The van der Waals surface area contributed by atoms with Gasteiger partial charge in [-0.1, -0.05) is 36.4 Å². The summed E-state index contributed by atoms with van der Waals surface area (Å²) in [7, 11) is 0. The molecule has 162 valence electrons. The Labute approximate surface area is 187 Å². The van der Waals surface area contributed by atoms with Crippen LogP contribution in [0.15, 0.2) is 84.1 Å². The van der Waals surface area contributed by atoms with Gasteiger partial charge in [0.25, 0.3) is 5.91 Å². The van der Waals surface area contributed by atoms with Gasteiger partial charge in [0, 0.05) is 11.4 Å². The first-order valence-corrected chi connectivity index (χ1v) is 10.4. The molecule has 4 rings (SSSR count). The standard InChI is InChI=1S/C26H25N3O3/c1-18-6-10-22(11-7-18)32-24-5-3-4-20(14-24)16-27-29-26(30)17-31-23-12-13-25-21(15-23)9-8-19(2)28-25/h3-7,10-16,28H,2,8-9,17H2,1H3,(H,29,30)/b27-16+. The zero-order chi connectivity index (χ0) is 22.3. The molecule has 2 N–H and O–H groups in total. The third-order valence-electron chi connectivity index (χ3n) is 4.97. The Kier molecular flexibility index (Phi) is 6.51. The lowest BCUT2D eigenvalue weighted by atomic mass is 10.0. The van der Waals surface area contributed by atoms with Crippen LogP contribution in [0.2, 0.25) is 0 Å². The molecule has 0 radical (unpaired) electrons. The molecule has 0 spiro atoms. The molecule has 3 aromatic carbocycles.